The lowest BCUT2D eigenvalue weighted by molar-refractivity contribution is 0.0760. The van der Waals surface area contributed by atoms with Crippen molar-refractivity contribution in [2.24, 2.45) is 11.8 Å². The first-order valence-corrected chi connectivity index (χ1v) is 7.66. The summed E-state index contributed by atoms with van der Waals surface area (Å²) in [6.45, 7) is 0.365. The molecular weight excluding hydrogens is 250 g/mol. The molecule has 0 aromatic heterocycles. The molecule has 0 radical (unpaired) electrons. The maximum Gasteiger partial charge on any atom is 0.410 e. The molecule has 3 rings (SSSR count). The zero-order valence-corrected chi connectivity index (χ0v) is 12.1. The van der Waals surface area contributed by atoms with E-state index >= 15 is 0 Å². The molecule has 20 heavy (non-hydrogen) atoms. The van der Waals surface area contributed by atoms with Gasteiger partial charge in [0.15, 0.2) is 0 Å². The Morgan fingerprint density at radius 2 is 1.80 bits per heavy atom. The standard InChI is InChI=1S/C17H23NO2/c1-18(16-10-14-7-8-15(9-14)11-16)17(19)20-12-13-5-3-2-4-6-13/h2-6,14-16H,7-12H2,1H3/t14-,15+,16?. The van der Waals surface area contributed by atoms with E-state index in [1.54, 1.807) is 0 Å². The summed E-state index contributed by atoms with van der Waals surface area (Å²) in [5, 5.41) is 0. The van der Waals surface area contributed by atoms with Gasteiger partial charge in [-0.2, -0.15) is 0 Å². The first-order valence-electron chi connectivity index (χ1n) is 7.66. The average molecular weight is 273 g/mol. The number of amides is 1. The van der Waals surface area contributed by atoms with Gasteiger partial charge in [0, 0.05) is 13.1 Å². The molecule has 1 unspecified atom stereocenters. The van der Waals surface area contributed by atoms with Crippen LogP contribution in [0.3, 0.4) is 0 Å². The van der Waals surface area contributed by atoms with Crippen LogP contribution in [0.4, 0.5) is 4.79 Å². The van der Waals surface area contributed by atoms with Crippen LogP contribution in [-0.4, -0.2) is 24.1 Å². The average Bonchev–Trinajstić information content (AvgIpc) is 2.83. The molecule has 1 aromatic rings. The molecule has 0 heterocycles. The Morgan fingerprint density at radius 3 is 2.45 bits per heavy atom. The van der Waals surface area contributed by atoms with E-state index in [2.05, 4.69) is 0 Å². The van der Waals surface area contributed by atoms with Gasteiger partial charge in [0.1, 0.15) is 6.61 Å². The number of hydrogen-bond donors (Lipinski definition) is 0. The van der Waals surface area contributed by atoms with Crippen LogP contribution >= 0.6 is 0 Å². The lowest BCUT2D eigenvalue weighted by Crippen LogP contribution is -2.40. The molecule has 3 nitrogen and oxygen atoms in total. The smallest absolute Gasteiger partial charge is 0.410 e. The molecule has 2 bridgehead atoms. The summed E-state index contributed by atoms with van der Waals surface area (Å²) < 4.78 is 5.42. The van der Waals surface area contributed by atoms with Gasteiger partial charge in [-0.05, 0) is 36.7 Å². The van der Waals surface area contributed by atoms with Gasteiger partial charge in [-0.3, -0.25) is 0 Å². The summed E-state index contributed by atoms with van der Waals surface area (Å²) in [4.78, 5) is 14.0. The minimum atomic E-state index is -0.180. The Balaban J connectivity index is 1.52. The Hall–Kier alpha value is -1.51. The molecule has 1 amide bonds. The van der Waals surface area contributed by atoms with Crippen molar-refractivity contribution in [3.63, 3.8) is 0 Å². The summed E-state index contributed by atoms with van der Waals surface area (Å²) in [5.41, 5.74) is 1.04. The highest BCUT2D eigenvalue weighted by molar-refractivity contribution is 5.67. The summed E-state index contributed by atoms with van der Waals surface area (Å²) in [6, 6.07) is 10.2. The molecule has 2 fully saturated rings. The number of nitrogens with zero attached hydrogens (tertiary/aromatic N) is 1. The maximum absolute atomic E-state index is 12.2. The monoisotopic (exact) mass is 273 g/mol. The normalized spacial score (nSPS) is 28.1. The third-order valence-corrected chi connectivity index (χ3v) is 4.90. The molecule has 3 atom stereocenters. The van der Waals surface area contributed by atoms with E-state index in [0.717, 1.165) is 30.2 Å². The van der Waals surface area contributed by atoms with Crippen LogP contribution in [0.2, 0.25) is 0 Å². The lowest BCUT2D eigenvalue weighted by Gasteiger charge is -2.34. The molecule has 3 heteroatoms. The molecule has 0 aliphatic heterocycles. The van der Waals surface area contributed by atoms with Crippen molar-refractivity contribution in [1.82, 2.24) is 4.90 Å². The Labute approximate surface area is 120 Å². The van der Waals surface area contributed by atoms with Crippen molar-refractivity contribution >= 4 is 6.09 Å². The van der Waals surface area contributed by atoms with Crippen LogP contribution in [0, 0.1) is 11.8 Å². The number of ether oxygens (including phenoxy) is 1. The minimum absolute atomic E-state index is 0.180. The number of fused-ring (bicyclic) bond motifs is 2. The fourth-order valence-corrected chi connectivity index (χ4v) is 3.76. The van der Waals surface area contributed by atoms with Crippen molar-refractivity contribution < 1.29 is 9.53 Å². The van der Waals surface area contributed by atoms with Crippen molar-refractivity contribution in [3.05, 3.63) is 35.9 Å². The Kier molecular flexibility index (Phi) is 3.95. The largest absolute Gasteiger partial charge is 0.445 e. The predicted octanol–water partition coefficient (Wildman–Crippen LogP) is 3.83. The number of benzene rings is 1. The van der Waals surface area contributed by atoms with Gasteiger partial charge in [-0.25, -0.2) is 4.79 Å². The third-order valence-electron chi connectivity index (χ3n) is 4.90. The van der Waals surface area contributed by atoms with Crippen molar-refractivity contribution in [2.75, 3.05) is 7.05 Å². The second-order valence-electron chi connectivity index (χ2n) is 6.32. The number of hydrogen-bond acceptors (Lipinski definition) is 2. The first-order chi connectivity index (χ1) is 9.72. The predicted molar refractivity (Wildman–Crippen MR) is 78.2 cm³/mol. The van der Waals surface area contributed by atoms with E-state index in [9.17, 15) is 4.79 Å². The highest BCUT2D eigenvalue weighted by Crippen LogP contribution is 2.43. The van der Waals surface area contributed by atoms with Gasteiger partial charge < -0.3 is 9.64 Å². The highest BCUT2D eigenvalue weighted by atomic mass is 16.6. The van der Waals surface area contributed by atoms with Crippen LogP contribution in [0.5, 0.6) is 0 Å². The van der Waals surface area contributed by atoms with Gasteiger partial charge in [-0.1, -0.05) is 43.2 Å². The summed E-state index contributed by atoms with van der Waals surface area (Å²) in [7, 11) is 1.89. The molecule has 2 saturated carbocycles. The molecule has 0 saturated heterocycles. The van der Waals surface area contributed by atoms with Crippen molar-refractivity contribution in [1.29, 1.82) is 0 Å². The molecule has 0 spiro atoms. The zero-order chi connectivity index (χ0) is 13.9. The summed E-state index contributed by atoms with van der Waals surface area (Å²) >= 11 is 0. The maximum atomic E-state index is 12.2. The van der Waals surface area contributed by atoms with Crippen LogP contribution in [0.25, 0.3) is 0 Å². The number of carbonyl (C=O) groups is 1. The van der Waals surface area contributed by atoms with E-state index in [1.807, 2.05) is 42.3 Å². The summed E-state index contributed by atoms with van der Waals surface area (Å²) in [5.74, 6) is 1.67. The van der Waals surface area contributed by atoms with Gasteiger partial charge in [0.05, 0.1) is 0 Å². The van der Waals surface area contributed by atoms with Crippen molar-refractivity contribution in [3.8, 4) is 0 Å². The minimum Gasteiger partial charge on any atom is -0.445 e. The molecule has 0 N–H and O–H groups in total. The van der Waals surface area contributed by atoms with Crippen LogP contribution in [0.15, 0.2) is 30.3 Å². The second kappa shape index (κ2) is 5.86. The van der Waals surface area contributed by atoms with Gasteiger partial charge in [0.25, 0.3) is 0 Å². The molecular formula is C17H23NO2. The van der Waals surface area contributed by atoms with Crippen LogP contribution in [-0.2, 0) is 11.3 Å². The van der Waals surface area contributed by atoms with E-state index in [1.165, 1.54) is 19.3 Å². The van der Waals surface area contributed by atoms with Gasteiger partial charge in [0.2, 0.25) is 0 Å². The quantitative estimate of drug-likeness (QED) is 0.837. The topological polar surface area (TPSA) is 29.5 Å². The van der Waals surface area contributed by atoms with E-state index in [4.69, 9.17) is 4.74 Å². The first kappa shape index (κ1) is 13.5. The van der Waals surface area contributed by atoms with Gasteiger partial charge in [-0.15, -0.1) is 0 Å². The fourth-order valence-electron chi connectivity index (χ4n) is 3.76. The zero-order valence-electron chi connectivity index (χ0n) is 12.1. The molecule has 1 aromatic carbocycles. The van der Waals surface area contributed by atoms with Crippen LogP contribution < -0.4 is 0 Å². The molecule has 2 aliphatic carbocycles. The number of carbonyl (C=O) groups excluding carboxylic acids is 1. The lowest BCUT2D eigenvalue weighted by atomic mass is 9.85. The number of rotatable bonds is 3. The van der Waals surface area contributed by atoms with Crippen LogP contribution in [0.1, 0.15) is 37.7 Å². The molecule has 108 valence electrons. The summed E-state index contributed by atoms with van der Waals surface area (Å²) in [6.07, 6.45) is 6.23. The highest BCUT2D eigenvalue weighted by Gasteiger charge is 2.37. The third kappa shape index (κ3) is 2.97. The van der Waals surface area contributed by atoms with E-state index in [0.29, 0.717) is 12.6 Å². The van der Waals surface area contributed by atoms with Gasteiger partial charge >= 0.3 is 6.09 Å². The Bertz CT molecular complexity index is 447. The SMILES string of the molecule is CN(C(=O)OCc1ccccc1)C1C[C@H]2CC[C@@H](C1)C2. The second-order valence-corrected chi connectivity index (χ2v) is 6.32. The molecule has 2 aliphatic rings. The van der Waals surface area contributed by atoms with E-state index < -0.39 is 0 Å². The van der Waals surface area contributed by atoms with Crippen molar-refractivity contribution in [2.45, 2.75) is 44.8 Å². The fraction of sp³-hybridized carbons (Fsp3) is 0.588. The van der Waals surface area contributed by atoms with E-state index in [-0.39, 0.29) is 6.09 Å². The Morgan fingerprint density at radius 1 is 1.15 bits per heavy atom.